The molecule has 4 fully saturated rings. The molecule has 4 aliphatic carbocycles. The summed E-state index contributed by atoms with van der Waals surface area (Å²) >= 11 is 1.49. The second kappa shape index (κ2) is 6.79. The SMILES string of the molecule is Cc1cc(C)nc(Nc2nc(CC(=O)NC34CC5CC(CC(C5)C3)C4)cs2)n1. The van der Waals surface area contributed by atoms with E-state index in [4.69, 9.17) is 0 Å². The fraction of sp³-hybridized carbons (Fsp3) is 0.619. The summed E-state index contributed by atoms with van der Waals surface area (Å²) in [5, 5.41) is 9.26. The maximum absolute atomic E-state index is 12.8. The Kier molecular flexibility index (Phi) is 4.38. The second-order valence-electron chi connectivity index (χ2n) is 9.17. The third kappa shape index (κ3) is 3.64. The van der Waals surface area contributed by atoms with Crippen LogP contribution in [0.4, 0.5) is 11.1 Å². The van der Waals surface area contributed by atoms with Crippen LogP contribution in [0.3, 0.4) is 0 Å². The van der Waals surface area contributed by atoms with Crippen molar-refractivity contribution in [3.05, 3.63) is 28.5 Å². The number of nitrogens with one attached hydrogen (secondary N) is 2. The number of nitrogens with zero attached hydrogens (tertiary/aromatic N) is 3. The molecule has 0 saturated heterocycles. The quantitative estimate of drug-likeness (QED) is 0.799. The lowest BCUT2D eigenvalue weighted by molar-refractivity contribution is -0.126. The number of hydrogen-bond donors (Lipinski definition) is 2. The number of carbonyl (C=O) groups excluding carboxylic acids is 1. The Morgan fingerprint density at radius 2 is 1.68 bits per heavy atom. The monoisotopic (exact) mass is 397 g/mol. The average molecular weight is 398 g/mol. The van der Waals surface area contributed by atoms with Gasteiger partial charge in [0.2, 0.25) is 11.9 Å². The lowest BCUT2D eigenvalue weighted by Crippen LogP contribution is -2.60. The molecule has 7 heteroatoms. The summed E-state index contributed by atoms with van der Waals surface area (Å²) < 4.78 is 0. The highest BCUT2D eigenvalue weighted by Crippen LogP contribution is 2.55. The van der Waals surface area contributed by atoms with Crippen LogP contribution >= 0.6 is 11.3 Å². The Bertz CT molecular complexity index is 852. The Morgan fingerprint density at radius 3 is 2.29 bits per heavy atom. The molecule has 0 radical (unpaired) electrons. The van der Waals surface area contributed by atoms with Crippen molar-refractivity contribution in [1.82, 2.24) is 20.3 Å². The fourth-order valence-electron chi connectivity index (χ4n) is 6.09. The van der Waals surface area contributed by atoms with Gasteiger partial charge in [-0.2, -0.15) is 0 Å². The number of aryl methyl sites for hydroxylation is 2. The van der Waals surface area contributed by atoms with Crippen LogP contribution in [-0.4, -0.2) is 26.4 Å². The maximum Gasteiger partial charge on any atom is 0.229 e. The van der Waals surface area contributed by atoms with Gasteiger partial charge in [-0.25, -0.2) is 15.0 Å². The second-order valence-corrected chi connectivity index (χ2v) is 10.0. The van der Waals surface area contributed by atoms with Crippen molar-refractivity contribution in [1.29, 1.82) is 0 Å². The van der Waals surface area contributed by atoms with E-state index in [1.807, 2.05) is 25.3 Å². The molecule has 2 heterocycles. The predicted octanol–water partition coefficient (Wildman–Crippen LogP) is 3.92. The number of carbonyl (C=O) groups is 1. The minimum absolute atomic E-state index is 0.0653. The smallest absolute Gasteiger partial charge is 0.229 e. The van der Waals surface area contributed by atoms with Crippen LogP contribution in [0.15, 0.2) is 11.4 Å². The summed E-state index contributed by atoms with van der Waals surface area (Å²) in [6.07, 6.45) is 8.04. The van der Waals surface area contributed by atoms with Crippen molar-refractivity contribution >= 4 is 28.3 Å². The number of hydrogen-bond acceptors (Lipinski definition) is 6. The van der Waals surface area contributed by atoms with E-state index in [0.717, 1.165) is 40.0 Å². The van der Waals surface area contributed by atoms with Gasteiger partial charge in [-0.05, 0) is 76.2 Å². The van der Waals surface area contributed by atoms with Crippen LogP contribution < -0.4 is 10.6 Å². The maximum atomic E-state index is 12.8. The minimum Gasteiger partial charge on any atom is -0.350 e. The molecule has 148 valence electrons. The molecular weight excluding hydrogens is 370 g/mol. The fourth-order valence-corrected chi connectivity index (χ4v) is 6.80. The van der Waals surface area contributed by atoms with Crippen LogP contribution in [0.2, 0.25) is 0 Å². The molecule has 1 amide bonds. The van der Waals surface area contributed by atoms with E-state index < -0.39 is 0 Å². The van der Waals surface area contributed by atoms with Crippen LogP contribution in [0, 0.1) is 31.6 Å². The minimum atomic E-state index is 0.0653. The molecule has 4 saturated carbocycles. The van der Waals surface area contributed by atoms with Crippen molar-refractivity contribution in [2.75, 3.05) is 5.32 Å². The summed E-state index contributed by atoms with van der Waals surface area (Å²) in [5.41, 5.74) is 2.71. The molecule has 0 atom stereocenters. The largest absolute Gasteiger partial charge is 0.350 e. The van der Waals surface area contributed by atoms with E-state index in [1.54, 1.807) is 0 Å². The molecule has 0 unspecified atom stereocenters. The van der Waals surface area contributed by atoms with Gasteiger partial charge in [0.05, 0.1) is 12.1 Å². The first-order valence-electron chi connectivity index (χ1n) is 10.3. The molecule has 2 aromatic rings. The highest BCUT2D eigenvalue weighted by Gasteiger charge is 2.51. The Morgan fingerprint density at radius 1 is 1.07 bits per heavy atom. The molecule has 6 nitrogen and oxygen atoms in total. The zero-order chi connectivity index (χ0) is 19.3. The van der Waals surface area contributed by atoms with E-state index in [-0.39, 0.29) is 11.4 Å². The summed E-state index contributed by atoms with van der Waals surface area (Å²) in [7, 11) is 0. The van der Waals surface area contributed by atoms with Gasteiger partial charge in [0.1, 0.15) is 0 Å². The van der Waals surface area contributed by atoms with Gasteiger partial charge in [-0.15, -0.1) is 11.3 Å². The number of thiazole rings is 1. The zero-order valence-electron chi connectivity index (χ0n) is 16.5. The van der Waals surface area contributed by atoms with Crippen molar-refractivity contribution in [3.63, 3.8) is 0 Å². The van der Waals surface area contributed by atoms with E-state index in [0.29, 0.717) is 12.4 Å². The van der Waals surface area contributed by atoms with Crippen molar-refractivity contribution in [2.24, 2.45) is 17.8 Å². The average Bonchev–Trinajstić information content (AvgIpc) is 2.98. The van der Waals surface area contributed by atoms with Crippen LogP contribution in [-0.2, 0) is 11.2 Å². The Labute approximate surface area is 169 Å². The highest BCUT2D eigenvalue weighted by atomic mass is 32.1. The van der Waals surface area contributed by atoms with Gasteiger partial charge in [-0.3, -0.25) is 4.79 Å². The predicted molar refractivity (Wildman–Crippen MR) is 110 cm³/mol. The van der Waals surface area contributed by atoms with Crippen molar-refractivity contribution in [2.45, 2.75) is 64.3 Å². The van der Waals surface area contributed by atoms with Crippen LogP contribution in [0.5, 0.6) is 0 Å². The third-order valence-electron chi connectivity index (χ3n) is 6.54. The normalized spacial score (nSPS) is 30.4. The van der Waals surface area contributed by atoms with Crippen molar-refractivity contribution in [3.8, 4) is 0 Å². The third-order valence-corrected chi connectivity index (χ3v) is 7.34. The van der Waals surface area contributed by atoms with E-state index in [9.17, 15) is 4.79 Å². The van der Waals surface area contributed by atoms with Gasteiger partial charge in [0.25, 0.3) is 0 Å². The lowest BCUT2D eigenvalue weighted by Gasteiger charge is -2.56. The highest BCUT2D eigenvalue weighted by molar-refractivity contribution is 7.13. The molecule has 0 aliphatic heterocycles. The molecule has 0 aromatic carbocycles. The molecule has 4 aliphatic rings. The summed E-state index contributed by atoms with van der Waals surface area (Å²) in [5.74, 6) is 3.16. The van der Waals surface area contributed by atoms with Crippen LogP contribution in [0.1, 0.15) is 55.6 Å². The number of anilines is 2. The van der Waals surface area contributed by atoms with E-state index in [2.05, 4.69) is 25.6 Å². The summed E-state index contributed by atoms with van der Waals surface area (Å²) in [4.78, 5) is 26.1. The lowest BCUT2D eigenvalue weighted by atomic mass is 9.53. The summed E-state index contributed by atoms with van der Waals surface area (Å²) in [6.45, 7) is 3.89. The zero-order valence-corrected chi connectivity index (χ0v) is 17.3. The van der Waals surface area contributed by atoms with Gasteiger partial charge < -0.3 is 10.6 Å². The molecule has 28 heavy (non-hydrogen) atoms. The van der Waals surface area contributed by atoms with Gasteiger partial charge in [0, 0.05) is 22.3 Å². The molecule has 0 spiro atoms. The van der Waals surface area contributed by atoms with Gasteiger partial charge in [0.15, 0.2) is 5.13 Å². The van der Waals surface area contributed by atoms with Gasteiger partial charge in [-0.1, -0.05) is 0 Å². The topological polar surface area (TPSA) is 79.8 Å². The number of amides is 1. The molecule has 6 rings (SSSR count). The molecule has 2 N–H and O–H groups in total. The van der Waals surface area contributed by atoms with E-state index in [1.165, 1.54) is 49.9 Å². The van der Waals surface area contributed by atoms with Crippen LogP contribution in [0.25, 0.3) is 0 Å². The first kappa shape index (κ1) is 18.0. The number of rotatable bonds is 5. The Balaban J connectivity index is 1.22. The van der Waals surface area contributed by atoms with E-state index >= 15 is 0 Å². The number of aromatic nitrogens is 3. The Hall–Kier alpha value is -2.02. The van der Waals surface area contributed by atoms with Crippen molar-refractivity contribution < 1.29 is 4.79 Å². The molecule has 4 bridgehead atoms. The standard InChI is InChI=1S/C21H27N5OS/c1-12-3-13(2)23-19(22-12)25-20-24-17(11-28-20)7-18(27)26-21-8-14-4-15(9-21)6-16(5-14)10-21/h3,11,14-16H,4-10H2,1-2H3,(H,26,27)(H,22,23,24,25). The first-order chi connectivity index (χ1) is 13.4. The molecule has 2 aromatic heterocycles. The molecular formula is C21H27N5OS. The first-order valence-corrected chi connectivity index (χ1v) is 11.2. The van der Waals surface area contributed by atoms with Gasteiger partial charge >= 0.3 is 0 Å². The summed E-state index contributed by atoms with van der Waals surface area (Å²) in [6, 6.07) is 1.94.